The largest absolute Gasteiger partial charge is 0.478 e. The Labute approximate surface area is 89.1 Å². The summed E-state index contributed by atoms with van der Waals surface area (Å²) in [6.07, 6.45) is 2.57. The highest BCUT2D eigenvalue weighted by Crippen LogP contribution is 2.33. The van der Waals surface area contributed by atoms with Crippen molar-refractivity contribution >= 4 is 11.7 Å². The monoisotopic (exact) mass is 205 g/mol. The Kier molecular flexibility index (Phi) is 2.62. The Hall–Kier alpha value is -1.51. The number of carboxylic acid groups (broad SMARTS) is 1. The minimum Gasteiger partial charge on any atom is -0.478 e. The predicted molar refractivity (Wildman–Crippen MR) is 59.2 cm³/mol. The van der Waals surface area contributed by atoms with Crippen LogP contribution < -0.4 is 5.32 Å². The zero-order valence-corrected chi connectivity index (χ0v) is 8.73. The molecule has 1 aliphatic carbocycles. The van der Waals surface area contributed by atoms with Crippen LogP contribution in [0.4, 0.5) is 5.69 Å². The number of nitrogens with one attached hydrogen (secondary N) is 1. The van der Waals surface area contributed by atoms with Crippen molar-refractivity contribution in [1.29, 1.82) is 0 Å². The quantitative estimate of drug-likeness (QED) is 0.794. The third-order valence-electron chi connectivity index (χ3n) is 2.83. The summed E-state index contributed by atoms with van der Waals surface area (Å²) in [4.78, 5) is 10.8. The molecule has 0 heterocycles. The number of hydrogen-bond acceptors (Lipinski definition) is 2. The van der Waals surface area contributed by atoms with Crippen LogP contribution in [-0.2, 0) is 0 Å². The van der Waals surface area contributed by atoms with Crippen LogP contribution in [-0.4, -0.2) is 17.1 Å². The van der Waals surface area contributed by atoms with E-state index in [9.17, 15) is 4.79 Å². The lowest BCUT2D eigenvalue weighted by molar-refractivity contribution is 0.0697. The summed E-state index contributed by atoms with van der Waals surface area (Å²) in [7, 11) is 0. The van der Waals surface area contributed by atoms with Gasteiger partial charge in [0.15, 0.2) is 0 Å². The van der Waals surface area contributed by atoms with Crippen molar-refractivity contribution in [3.8, 4) is 0 Å². The van der Waals surface area contributed by atoms with Crippen LogP contribution in [0.2, 0.25) is 0 Å². The zero-order chi connectivity index (χ0) is 10.8. The lowest BCUT2D eigenvalue weighted by atomic mass is 10.1. The van der Waals surface area contributed by atoms with Gasteiger partial charge in [-0.05, 0) is 43.9 Å². The van der Waals surface area contributed by atoms with E-state index >= 15 is 0 Å². The summed E-state index contributed by atoms with van der Waals surface area (Å²) in [5.74, 6) is -0.115. The van der Waals surface area contributed by atoms with E-state index in [-0.39, 0.29) is 0 Å². The first-order chi connectivity index (χ1) is 7.16. The van der Waals surface area contributed by atoms with Crippen LogP contribution in [0.25, 0.3) is 0 Å². The Balaban J connectivity index is 2.07. The molecule has 0 radical (unpaired) electrons. The van der Waals surface area contributed by atoms with Crippen molar-refractivity contribution in [2.75, 3.05) is 5.32 Å². The predicted octanol–water partition coefficient (Wildman–Crippen LogP) is 2.60. The van der Waals surface area contributed by atoms with Gasteiger partial charge in [0.05, 0.1) is 5.56 Å². The van der Waals surface area contributed by atoms with Crippen LogP contribution in [0.5, 0.6) is 0 Å². The van der Waals surface area contributed by atoms with Gasteiger partial charge < -0.3 is 10.4 Å². The number of rotatable bonds is 4. The molecule has 0 spiro atoms. The number of carboxylic acids is 1. The van der Waals surface area contributed by atoms with E-state index in [4.69, 9.17) is 5.11 Å². The maximum atomic E-state index is 10.8. The molecule has 1 unspecified atom stereocenters. The van der Waals surface area contributed by atoms with Crippen LogP contribution >= 0.6 is 0 Å². The molecular formula is C12H15NO2. The number of anilines is 1. The Morgan fingerprint density at radius 1 is 1.53 bits per heavy atom. The standard InChI is InChI=1S/C12H15NO2/c1-8(9-5-6-9)13-11-4-2-3-10(7-11)12(14)15/h2-4,7-9,13H,5-6H2,1H3,(H,14,15). The summed E-state index contributed by atoms with van der Waals surface area (Å²) in [5.41, 5.74) is 1.23. The molecule has 2 rings (SSSR count). The molecule has 1 fully saturated rings. The summed E-state index contributed by atoms with van der Waals surface area (Å²) in [6, 6.07) is 7.40. The van der Waals surface area contributed by atoms with Gasteiger partial charge in [0.25, 0.3) is 0 Å². The second-order valence-electron chi connectivity index (χ2n) is 4.16. The van der Waals surface area contributed by atoms with Gasteiger partial charge >= 0.3 is 5.97 Å². The first kappa shape index (κ1) is 10.0. The molecular weight excluding hydrogens is 190 g/mol. The SMILES string of the molecule is CC(Nc1cccc(C(=O)O)c1)C1CC1. The molecule has 0 aromatic heterocycles. The van der Waals surface area contributed by atoms with Gasteiger partial charge in [0, 0.05) is 11.7 Å². The highest BCUT2D eigenvalue weighted by Gasteiger charge is 2.27. The first-order valence-electron chi connectivity index (χ1n) is 5.26. The van der Waals surface area contributed by atoms with Gasteiger partial charge in [-0.1, -0.05) is 6.07 Å². The fourth-order valence-corrected chi connectivity index (χ4v) is 1.72. The molecule has 1 aromatic carbocycles. The molecule has 15 heavy (non-hydrogen) atoms. The van der Waals surface area contributed by atoms with E-state index in [0.29, 0.717) is 11.6 Å². The lowest BCUT2D eigenvalue weighted by Gasteiger charge is -2.14. The van der Waals surface area contributed by atoms with Crippen LogP contribution in [0, 0.1) is 5.92 Å². The maximum Gasteiger partial charge on any atom is 0.335 e. The summed E-state index contributed by atoms with van der Waals surface area (Å²) in [5, 5.41) is 12.2. The van der Waals surface area contributed by atoms with E-state index in [1.807, 2.05) is 6.07 Å². The van der Waals surface area contributed by atoms with Crippen LogP contribution in [0.15, 0.2) is 24.3 Å². The molecule has 80 valence electrons. The number of carbonyl (C=O) groups is 1. The van der Waals surface area contributed by atoms with Gasteiger partial charge in [-0.3, -0.25) is 0 Å². The second kappa shape index (κ2) is 3.93. The Morgan fingerprint density at radius 2 is 2.27 bits per heavy atom. The van der Waals surface area contributed by atoms with Gasteiger partial charge in [0.2, 0.25) is 0 Å². The molecule has 2 N–H and O–H groups in total. The van der Waals surface area contributed by atoms with Gasteiger partial charge in [0.1, 0.15) is 0 Å². The van der Waals surface area contributed by atoms with E-state index in [1.165, 1.54) is 12.8 Å². The molecule has 3 heteroatoms. The van der Waals surface area contributed by atoms with Gasteiger partial charge in [-0.2, -0.15) is 0 Å². The third kappa shape index (κ3) is 2.49. The van der Waals surface area contributed by atoms with Gasteiger partial charge in [-0.15, -0.1) is 0 Å². The minimum absolute atomic E-state index is 0.336. The molecule has 0 aliphatic heterocycles. The molecule has 1 aromatic rings. The van der Waals surface area contributed by atoms with Crippen molar-refractivity contribution in [2.45, 2.75) is 25.8 Å². The van der Waals surface area contributed by atoms with Crippen molar-refractivity contribution in [3.63, 3.8) is 0 Å². The van der Waals surface area contributed by atoms with Crippen molar-refractivity contribution in [3.05, 3.63) is 29.8 Å². The molecule has 0 amide bonds. The van der Waals surface area contributed by atoms with Crippen molar-refractivity contribution in [1.82, 2.24) is 0 Å². The maximum absolute atomic E-state index is 10.8. The third-order valence-corrected chi connectivity index (χ3v) is 2.83. The van der Waals surface area contributed by atoms with E-state index in [2.05, 4.69) is 12.2 Å². The molecule has 0 bridgehead atoms. The molecule has 1 saturated carbocycles. The first-order valence-corrected chi connectivity index (χ1v) is 5.26. The van der Waals surface area contributed by atoms with Gasteiger partial charge in [-0.25, -0.2) is 4.79 Å². The van der Waals surface area contributed by atoms with Crippen molar-refractivity contribution in [2.24, 2.45) is 5.92 Å². The molecule has 1 aliphatic rings. The highest BCUT2D eigenvalue weighted by atomic mass is 16.4. The number of hydrogen-bond donors (Lipinski definition) is 2. The normalized spacial score (nSPS) is 17.1. The highest BCUT2D eigenvalue weighted by molar-refractivity contribution is 5.88. The zero-order valence-electron chi connectivity index (χ0n) is 8.73. The summed E-state index contributed by atoms with van der Waals surface area (Å²) in [6.45, 7) is 2.14. The fraction of sp³-hybridized carbons (Fsp3) is 0.417. The number of aromatic carboxylic acids is 1. The minimum atomic E-state index is -0.877. The Bertz CT molecular complexity index is 372. The molecule has 3 nitrogen and oxygen atoms in total. The number of benzene rings is 1. The topological polar surface area (TPSA) is 49.3 Å². The second-order valence-corrected chi connectivity index (χ2v) is 4.16. The fourth-order valence-electron chi connectivity index (χ4n) is 1.72. The molecule has 0 saturated heterocycles. The van der Waals surface area contributed by atoms with E-state index in [1.54, 1.807) is 18.2 Å². The summed E-state index contributed by atoms with van der Waals surface area (Å²) >= 11 is 0. The van der Waals surface area contributed by atoms with E-state index < -0.39 is 5.97 Å². The smallest absolute Gasteiger partial charge is 0.335 e. The lowest BCUT2D eigenvalue weighted by Crippen LogP contribution is -2.17. The Morgan fingerprint density at radius 3 is 2.87 bits per heavy atom. The van der Waals surface area contributed by atoms with Crippen LogP contribution in [0.3, 0.4) is 0 Å². The van der Waals surface area contributed by atoms with E-state index in [0.717, 1.165) is 11.6 Å². The average molecular weight is 205 g/mol. The average Bonchev–Trinajstić information content (AvgIpc) is 3.01. The molecule has 1 atom stereocenters. The van der Waals surface area contributed by atoms with Crippen LogP contribution in [0.1, 0.15) is 30.1 Å². The van der Waals surface area contributed by atoms with Crippen molar-refractivity contribution < 1.29 is 9.90 Å². The summed E-state index contributed by atoms with van der Waals surface area (Å²) < 4.78 is 0.